The van der Waals surface area contributed by atoms with Crippen molar-refractivity contribution >= 4 is 17.5 Å². The van der Waals surface area contributed by atoms with Gasteiger partial charge in [-0.15, -0.1) is 0 Å². The second-order valence-corrected chi connectivity index (χ2v) is 6.57. The highest BCUT2D eigenvalue weighted by Gasteiger charge is 2.26. The van der Waals surface area contributed by atoms with Gasteiger partial charge in [-0.1, -0.05) is 12.1 Å². The summed E-state index contributed by atoms with van der Waals surface area (Å²) in [7, 11) is 1.55. The quantitative estimate of drug-likeness (QED) is 0.597. The molecule has 8 heteroatoms. The minimum atomic E-state index is -0.489. The van der Waals surface area contributed by atoms with Crippen molar-refractivity contribution in [1.82, 2.24) is 9.80 Å². The molecule has 28 heavy (non-hydrogen) atoms. The van der Waals surface area contributed by atoms with Crippen LogP contribution in [0.2, 0.25) is 0 Å². The number of nitrogens with zero attached hydrogens (tertiary/aromatic N) is 3. The van der Waals surface area contributed by atoms with Crippen LogP contribution < -0.4 is 4.74 Å². The van der Waals surface area contributed by atoms with Crippen LogP contribution in [-0.2, 0) is 0 Å². The predicted molar refractivity (Wildman–Crippen MR) is 103 cm³/mol. The Morgan fingerprint density at radius 2 is 1.54 bits per heavy atom. The number of rotatable bonds is 4. The van der Waals surface area contributed by atoms with Gasteiger partial charge >= 0.3 is 0 Å². The minimum Gasteiger partial charge on any atom is -0.497 e. The van der Waals surface area contributed by atoms with Crippen molar-refractivity contribution in [2.45, 2.75) is 6.92 Å². The zero-order valence-electron chi connectivity index (χ0n) is 15.8. The normalized spacial score (nSPS) is 13.9. The molecule has 3 rings (SSSR count). The molecule has 1 heterocycles. The molecule has 0 N–H and O–H groups in total. The average molecular weight is 383 g/mol. The van der Waals surface area contributed by atoms with Crippen molar-refractivity contribution in [3.8, 4) is 5.75 Å². The van der Waals surface area contributed by atoms with Gasteiger partial charge in [0, 0.05) is 48.9 Å². The van der Waals surface area contributed by atoms with E-state index in [1.54, 1.807) is 60.2 Å². The molecule has 0 saturated carbocycles. The number of nitro groups is 1. The van der Waals surface area contributed by atoms with Crippen molar-refractivity contribution in [3.63, 3.8) is 0 Å². The van der Waals surface area contributed by atoms with Crippen molar-refractivity contribution in [2.75, 3.05) is 33.3 Å². The molecule has 0 aromatic heterocycles. The number of aryl methyl sites for hydroxylation is 1. The molecule has 0 spiro atoms. The molecule has 8 nitrogen and oxygen atoms in total. The number of carbonyl (C=O) groups excluding carboxylic acids is 2. The third-order valence-electron chi connectivity index (χ3n) is 4.82. The molecular formula is C20H21N3O5. The van der Waals surface area contributed by atoms with E-state index in [1.807, 2.05) is 0 Å². The number of piperazine rings is 1. The van der Waals surface area contributed by atoms with Crippen molar-refractivity contribution < 1.29 is 19.2 Å². The zero-order valence-corrected chi connectivity index (χ0v) is 15.8. The molecule has 0 unspecified atom stereocenters. The van der Waals surface area contributed by atoms with Crippen LogP contribution in [0.3, 0.4) is 0 Å². The fraction of sp³-hybridized carbons (Fsp3) is 0.300. The summed E-state index contributed by atoms with van der Waals surface area (Å²) in [6.07, 6.45) is 0. The SMILES string of the molecule is COc1cccc(C(=O)N2CCN(C(=O)c3ccc(C)c([N+](=O)[O-])c3)CC2)c1. The van der Waals surface area contributed by atoms with E-state index in [0.717, 1.165) is 0 Å². The molecule has 0 atom stereocenters. The number of ether oxygens (including phenoxy) is 1. The summed E-state index contributed by atoms with van der Waals surface area (Å²) in [5.41, 5.74) is 1.26. The third-order valence-corrected chi connectivity index (χ3v) is 4.82. The van der Waals surface area contributed by atoms with Gasteiger partial charge in [-0.3, -0.25) is 19.7 Å². The van der Waals surface area contributed by atoms with Crippen molar-refractivity contribution in [3.05, 3.63) is 69.3 Å². The fourth-order valence-electron chi connectivity index (χ4n) is 3.17. The number of nitro benzene ring substituents is 1. The number of methoxy groups -OCH3 is 1. The first kappa shape index (κ1) is 19.3. The Morgan fingerprint density at radius 1 is 0.964 bits per heavy atom. The van der Waals surface area contributed by atoms with Gasteiger partial charge in [0.25, 0.3) is 17.5 Å². The van der Waals surface area contributed by atoms with Crippen LogP contribution >= 0.6 is 0 Å². The first-order chi connectivity index (χ1) is 13.4. The minimum absolute atomic E-state index is 0.0716. The van der Waals surface area contributed by atoms with Crippen LogP contribution in [0.25, 0.3) is 0 Å². The Labute approximate surface area is 162 Å². The maximum Gasteiger partial charge on any atom is 0.273 e. The van der Waals surface area contributed by atoms with Gasteiger partial charge in [0.2, 0.25) is 0 Å². The lowest BCUT2D eigenvalue weighted by molar-refractivity contribution is -0.385. The number of hydrogen-bond acceptors (Lipinski definition) is 5. The number of hydrogen-bond donors (Lipinski definition) is 0. The summed E-state index contributed by atoms with van der Waals surface area (Å²) in [6, 6.07) is 11.4. The van der Waals surface area contributed by atoms with Gasteiger partial charge in [-0.25, -0.2) is 0 Å². The molecule has 0 radical (unpaired) electrons. The molecule has 2 aromatic rings. The van der Waals surface area contributed by atoms with Crippen LogP contribution in [0, 0.1) is 17.0 Å². The van der Waals surface area contributed by atoms with Gasteiger partial charge in [-0.05, 0) is 31.2 Å². The van der Waals surface area contributed by atoms with Gasteiger partial charge in [0.15, 0.2) is 0 Å². The Balaban J connectivity index is 1.66. The highest BCUT2D eigenvalue weighted by atomic mass is 16.6. The van der Waals surface area contributed by atoms with E-state index in [4.69, 9.17) is 4.74 Å². The lowest BCUT2D eigenvalue weighted by atomic mass is 10.1. The van der Waals surface area contributed by atoms with Crippen molar-refractivity contribution in [1.29, 1.82) is 0 Å². The molecule has 1 fully saturated rings. The zero-order chi connectivity index (χ0) is 20.3. The van der Waals surface area contributed by atoms with Crippen LogP contribution in [0.5, 0.6) is 5.75 Å². The second-order valence-electron chi connectivity index (χ2n) is 6.57. The van der Waals surface area contributed by atoms with E-state index < -0.39 is 4.92 Å². The van der Waals surface area contributed by atoms with Gasteiger partial charge in [0.1, 0.15) is 5.75 Å². The largest absolute Gasteiger partial charge is 0.497 e. The second kappa shape index (κ2) is 8.08. The van der Waals surface area contributed by atoms with E-state index in [0.29, 0.717) is 43.1 Å². The maximum absolute atomic E-state index is 12.7. The van der Waals surface area contributed by atoms with Crippen molar-refractivity contribution in [2.24, 2.45) is 0 Å². The Bertz CT molecular complexity index is 920. The standard InChI is InChI=1S/C20H21N3O5/c1-14-6-7-16(13-18(14)23(26)27)20(25)22-10-8-21(9-11-22)19(24)15-4-3-5-17(12-15)28-2/h3-7,12-13H,8-11H2,1-2H3. The van der Waals surface area contributed by atoms with Crippen LogP contribution in [0.1, 0.15) is 26.3 Å². The van der Waals surface area contributed by atoms with Crippen LogP contribution in [0.4, 0.5) is 5.69 Å². The first-order valence-corrected chi connectivity index (χ1v) is 8.88. The summed E-state index contributed by atoms with van der Waals surface area (Å²) in [5.74, 6) is 0.231. The summed E-state index contributed by atoms with van der Waals surface area (Å²) >= 11 is 0. The summed E-state index contributed by atoms with van der Waals surface area (Å²) in [6.45, 7) is 3.17. The smallest absolute Gasteiger partial charge is 0.273 e. The predicted octanol–water partition coefficient (Wildman–Crippen LogP) is 2.51. The van der Waals surface area contributed by atoms with E-state index in [-0.39, 0.29) is 23.1 Å². The maximum atomic E-state index is 12.7. The van der Waals surface area contributed by atoms with E-state index >= 15 is 0 Å². The molecule has 1 aliphatic heterocycles. The van der Waals surface area contributed by atoms with Crippen LogP contribution in [0.15, 0.2) is 42.5 Å². The molecule has 1 aliphatic rings. The molecule has 0 bridgehead atoms. The number of carbonyl (C=O) groups is 2. The molecule has 2 amide bonds. The lowest BCUT2D eigenvalue weighted by Gasteiger charge is -2.35. The lowest BCUT2D eigenvalue weighted by Crippen LogP contribution is -2.50. The highest BCUT2D eigenvalue weighted by Crippen LogP contribution is 2.21. The molecule has 1 saturated heterocycles. The van der Waals surface area contributed by atoms with E-state index in [2.05, 4.69) is 0 Å². The Hall–Kier alpha value is -3.42. The fourth-order valence-corrected chi connectivity index (χ4v) is 3.17. The van der Waals surface area contributed by atoms with Gasteiger partial charge in [-0.2, -0.15) is 0 Å². The first-order valence-electron chi connectivity index (χ1n) is 8.88. The molecule has 146 valence electrons. The summed E-state index contributed by atoms with van der Waals surface area (Å²) in [5, 5.41) is 11.1. The Kier molecular flexibility index (Phi) is 5.58. The monoisotopic (exact) mass is 383 g/mol. The Morgan fingerprint density at radius 3 is 2.07 bits per heavy atom. The topological polar surface area (TPSA) is 93.0 Å². The van der Waals surface area contributed by atoms with Gasteiger partial charge < -0.3 is 14.5 Å². The summed E-state index contributed by atoms with van der Waals surface area (Å²) in [4.78, 5) is 39.3. The number of amides is 2. The van der Waals surface area contributed by atoms with Gasteiger partial charge in [0.05, 0.1) is 12.0 Å². The number of benzene rings is 2. The summed E-state index contributed by atoms with van der Waals surface area (Å²) < 4.78 is 5.15. The third kappa shape index (κ3) is 3.95. The molecule has 2 aromatic carbocycles. The average Bonchev–Trinajstić information content (AvgIpc) is 2.73. The molecule has 0 aliphatic carbocycles. The van der Waals surface area contributed by atoms with E-state index in [9.17, 15) is 19.7 Å². The van der Waals surface area contributed by atoms with E-state index in [1.165, 1.54) is 6.07 Å². The molecular weight excluding hydrogens is 362 g/mol. The highest BCUT2D eigenvalue weighted by molar-refractivity contribution is 5.96. The van der Waals surface area contributed by atoms with Crippen LogP contribution in [-0.4, -0.2) is 59.8 Å².